The molecule has 2 atom stereocenters. The van der Waals surface area contributed by atoms with Crippen molar-refractivity contribution in [1.82, 2.24) is 0 Å². The fourth-order valence-electron chi connectivity index (χ4n) is 1.40. The second-order valence-electron chi connectivity index (χ2n) is 3.94. The van der Waals surface area contributed by atoms with E-state index in [1.807, 2.05) is 0 Å². The molecule has 0 aliphatic carbocycles. The second-order valence-corrected chi connectivity index (χ2v) is 4.79. The first-order valence-electron chi connectivity index (χ1n) is 5.17. The number of rotatable bonds is 4. The van der Waals surface area contributed by atoms with Gasteiger partial charge in [-0.1, -0.05) is 26.3 Å². The highest BCUT2D eigenvalue weighted by molar-refractivity contribution is 9.10. The maximum absolute atomic E-state index is 13.0. The van der Waals surface area contributed by atoms with Crippen molar-refractivity contribution in [2.24, 2.45) is 5.92 Å². The van der Waals surface area contributed by atoms with E-state index in [2.05, 4.69) is 29.8 Å². The molecule has 0 amide bonds. The van der Waals surface area contributed by atoms with Crippen molar-refractivity contribution >= 4 is 15.9 Å². The number of aliphatic hydroxyl groups excluding tert-OH is 1. The molecule has 0 radical (unpaired) electrons. The molecule has 0 spiro atoms. The summed E-state index contributed by atoms with van der Waals surface area (Å²) >= 11 is 3.11. The number of hydrogen-bond acceptors (Lipinski definition) is 1. The van der Waals surface area contributed by atoms with Gasteiger partial charge in [-0.3, -0.25) is 0 Å². The normalized spacial score (nSPS) is 15.0. The quantitative estimate of drug-likeness (QED) is 0.878. The maximum atomic E-state index is 13.0. The van der Waals surface area contributed by atoms with Crippen molar-refractivity contribution in [1.29, 1.82) is 0 Å². The SMILES string of the molecule is CCC(C)CC(O)c1ccc(F)c(Br)c1. The lowest BCUT2D eigenvalue weighted by molar-refractivity contribution is 0.146. The number of aliphatic hydroxyl groups is 1. The van der Waals surface area contributed by atoms with Crippen LogP contribution in [0.4, 0.5) is 4.39 Å². The monoisotopic (exact) mass is 274 g/mol. The molecule has 0 bridgehead atoms. The molecule has 2 unspecified atom stereocenters. The van der Waals surface area contributed by atoms with Crippen LogP contribution >= 0.6 is 15.9 Å². The van der Waals surface area contributed by atoms with Crippen LogP contribution in [0.25, 0.3) is 0 Å². The largest absolute Gasteiger partial charge is 0.388 e. The summed E-state index contributed by atoms with van der Waals surface area (Å²) in [6, 6.07) is 4.65. The minimum Gasteiger partial charge on any atom is -0.388 e. The van der Waals surface area contributed by atoms with E-state index < -0.39 is 6.10 Å². The van der Waals surface area contributed by atoms with E-state index in [9.17, 15) is 9.50 Å². The Hall–Kier alpha value is -0.410. The topological polar surface area (TPSA) is 20.2 Å². The molecule has 1 aromatic rings. The van der Waals surface area contributed by atoms with E-state index in [1.54, 1.807) is 12.1 Å². The van der Waals surface area contributed by atoms with Gasteiger partial charge in [-0.25, -0.2) is 4.39 Å². The Morgan fingerprint density at radius 3 is 2.67 bits per heavy atom. The molecule has 0 saturated heterocycles. The molecule has 1 aromatic carbocycles. The predicted octanol–water partition coefficient (Wildman–Crippen LogP) is 4.06. The molecule has 0 aliphatic heterocycles. The van der Waals surface area contributed by atoms with Crippen molar-refractivity contribution in [3.8, 4) is 0 Å². The first-order valence-corrected chi connectivity index (χ1v) is 5.97. The van der Waals surface area contributed by atoms with Gasteiger partial charge < -0.3 is 5.11 Å². The summed E-state index contributed by atoms with van der Waals surface area (Å²) in [5, 5.41) is 9.89. The van der Waals surface area contributed by atoms with Crippen LogP contribution in [0.1, 0.15) is 38.4 Å². The van der Waals surface area contributed by atoms with Crippen molar-refractivity contribution < 1.29 is 9.50 Å². The Kier molecular flexibility index (Phi) is 4.74. The summed E-state index contributed by atoms with van der Waals surface area (Å²) in [7, 11) is 0. The molecule has 3 heteroatoms. The van der Waals surface area contributed by atoms with Gasteiger partial charge >= 0.3 is 0 Å². The van der Waals surface area contributed by atoms with Crippen LogP contribution in [0.15, 0.2) is 22.7 Å². The Morgan fingerprint density at radius 2 is 2.13 bits per heavy atom. The third kappa shape index (κ3) is 3.58. The Labute approximate surface area is 98.4 Å². The molecule has 0 aliphatic rings. The zero-order chi connectivity index (χ0) is 11.4. The summed E-state index contributed by atoms with van der Waals surface area (Å²) in [5.41, 5.74) is 0.767. The summed E-state index contributed by atoms with van der Waals surface area (Å²) in [4.78, 5) is 0. The van der Waals surface area contributed by atoms with Gasteiger partial charge in [0.15, 0.2) is 0 Å². The molecular weight excluding hydrogens is 259 g/mol. The molecular formula is C12H16BrFO. The standard InChI is InChI=1S/C12H16BrFO/c1-3-8(2)6-12(15)9-4-5-11(14)10(13)7-9/h4-5,7-8,12,15H,3,6H2,1-2H3. The fourth-order valence-corrected chi connectivity index (χ4v) is 1.80. The smallest absolute Gasteiger partial charge is 0.137 e. The maximum Gasteiger partial charge on any atom is 0.137 e. The molecule has 84 valence electrons. The van der Waals surface area contributed by atoms with Crippen LogP contribution < -0.4 is 0 Å². The van der Waals surface area contributed by atoms with E-state index in [0.29, 0.717) is 16.8 Å². The van der Waals surface area contributed by atoms with Gasteiger partial charge in [-0.2, -0.15) is 0 Å². The highest BCUT2D eigenvalue weighted by Gasteiger charge is 2.12. The summed E-state index contributed by atoms with van der Waals surface area (Å²) < 4.78 is 13.4. The van der Waals surface area contributed by atoms with Gasteiger partial charge in [-0.15, -0.1) is 0 Å². The van der Waals surface area contributed by atoms with E-state index in [0.717, 1.165) is 12.0 Å². The van der Waals surface area contributed by atoms with Crippen molar-refractivity contribution in [2.75, 3.05) is 0 Å². The van der Waals surface area contributed by atoms with Crippen LogP contribution in [-0.2, 0) is 0 Å². The molecule has 0 aromatic heterocycles. The second kappa shape index (κ2) is 5.61. The summed E-state index contributed by atoms with van der Waals surface area (Å²) in [6.07, 6.45) is 1.26. The Morgan fingerprint density at radius 1 is 1.47 bits per heavy atom. The van der Waals surface area contributed by atoms with E-state index >= 15 is 0 Å². The van der Waals surface area contributed by atoms with Crippen molar-refractivity contribution in [3.05, 3.63) is 34.1 Å². The van der Waals surface area contributed by atoms with Crippen molar-refractivity contribution in [3.63, 3.8) is 0 Å². The molecule has 0 heterocycles. The average molecular weight is 275 g/mol. The molecule has 0 fully saturated rings. The lowest BCUT2D eigenvalue weighted by Gasteiger charge is -2.15. The third-order valence-corrected chi connectivity index (χ3v) is 3.26. The number of hydrogen-bond donors (Lipinski definition) is 1. The minimum absolute atomic E-state index is 0.297. The van der Waals surface area contributed by atoms with Crippen LogP contribution in [0.3, 0.4) is 0 Å². The van der Waals surface area contributed by atoms with Crippen LogP contribution in [-0.4, -0.2) is 5.11 Å². The van der Waals surface area contributed by atoms with Gasteiger partial charge in [0.2, 0.25) is 0 Å². The predicted molar refractivity (Wildman–Crippen MR) is 63.1 cm³/mol. The molecule has 1 nitrogen and oxygen atoms in total. The van der Waals surface area contributed by atoms with Gasteiger partial charge in [-0.05, 0) is 46.0 Å². The zero-order valence-corrected chi connectivity index (χ0v) is 10.6. The minimum atomic E-state index is -0.503. The van der Waals surface area contributed by atoms with Crippen LogP contribution in [0, 0.1) is 11.7 Å². The average Bonchev–Trinajstić information content (AvgIpc) is 2.21. The highest BCUT2D eigenvalue weighted by atomic mass is 79.9. The lowest BCUT2D eigenvalue weighted by Crippen LogP contribution is -2.04. The fraction of sp³-hybridized carbons (Fsp3) is 0.500. The van der Waals surface area contributed by atoms with Crippen molar-refractivity contribution in [2.45, 2.75) is 32.8 Å². The summed E-state index contributed by atoms with van der Waals surface area (Å²) in [5.74, 6) is 0.179. The lowest BCUT2D eigenvalue weighted by atomic mass is 9.96. The van der Waals surface area contributed by atoms with E-state index in [4.69, 9.17) is 0 Å². The molecule has 0 saturated carbocycles. The number of halogens is 2. The first-order chi connectivity index (χ1) is 7.04. The van der Waals surface area contributed by atoms with Gasteiger partial charge in [0.05, 0.1) is 10.6 Å². The van der Waals surface area contributed by atoms with Gasteiger partial charge in [0.25, 0.3) is 0 Å². The van der Waals surface area contributed by atoms with Gasteiger partial charge in [0.1, 0.15) is 5.82 Å². The van der Waals surface area contributed by atoms with Gasteiger partial charge in [0, 0.05) is 0 Å². The van der Waals surface area contributed by atoms with Crippen LogP contribution in [0.5, 0.6) is 0 Å². The molecule has 1 rings (SSSR count). The van der Waals surface area contributed by atoms with E-state index in [-0.39, 0.29) is 5.82 Å². The third-order valence-electron chi connectivity index (χ3n) is 2.65. The van der Waals surface area contributed by atoms with Crippen LogP contribution in [0.2, 0.25) is 0 Å². The summed E-state index contributed by atoms with van der Waals surface area (Å²) in [6.45, 7) is 4.19. The van der Waals surface area contributed by atoms with E-state index in [1.165, 1.54) is 6.07 Å². The Bertz CT molecular complexity index is 327. The Balaban J connectivity index is 2.73. The molecule has 15 heavy (non-hydrogen) atoms. The highest BCUT2D eigenvalue weighted by Crippen LogP contribution is 2.26. The number of benzene rings is 1. The first kappa shape index (κ1) is 12.7. The zero-order valence-electron chi connectivity index (χ0n) is 9.00. The molecule has 1 N–H and O–H groups in total.